The Morgan fingerprint density at radius 1 is 1.45 bits per heavy atom. The summed E-state index contributed by atoms with van der Waals surface area (Å²) in [5, 5.41) is 2.00. The van der Waals surface area contributed by atoms with Gasteiger partial charge in [-0.1, -0.05) is 24.9 Å². The molecular weight excluding hydrogens is 176 g/mol. The quantitative estimate of drug-likeness (QED) is 0.649. The molecule has 2 rings (SSSR count). The SMILES string of the molecule is SNN1CSc2ccccc21. The number of hydrogen-bond acceptors (Lipinski definition) is 4. The summed E-state index contributed by atoms with van der Waals surface area (Å²) in [6.07, 6.45) is 0. The molecule has 0 aliphatic carbocycles. The van der Waals surface area contributed by atoms with Gasteiger partial charge in [0.15, 0.2) is 0 Å². The van der Waals surface area contributed by atoms with Gasteiger partial charge in [-0.2, -0.15) is 4.83 Å². The van der Waals surface area contributed by atoms with E-state index in [1.54, 1.807) is 0 Å². The minimum Gasteiger partial charge on any atom is -0.288 e. The van der Waals surface area contributed by atoms with Crippen molar-refractivity contribution < 1.29 is 0 Å². The zero-order chi connectivity index (χ0) is 7.68. The number of thioether (sulfide) groups is 1. The molecule has 0 radical (unpaired) electrons. The standard InChI is InChI=1S/C7H8N2S2/c10-8-9-5-11-7-4-2-1-3-6(7)9/h1-4,8,10H,5H2. The lowest BCUT2D eigenvalue weighted by Gasteiger charge is -2.14. The van der Waals surface area contributed by atoms with E-state index in [4.69, 9.17) is 0 Å². The first-order valence-corrected chi connectivity index (χ1v) is 4.74. The van der Waals surface area contributed by atoms with E-state index in [2.05, 4.69) is 29.8 Å². The minimum atomic E-state index is 0.933. The van der Waals surface area contributed by atoms with Crippen molar-refractivity contribution >= 4 is 30.3 Å². The van der Waals surface area contributed by atoms with Crippen LogP contribution in [0.15, 0.2) is 29.2 Å². The molecule has 58 valence electrons. The van der Waals surface area contributed by atoms with Crippen LogP contribution in [0.3, 0.4) is 0 Å². The van der Waals surface area contributed by atoms with Gasteiger partial charge in [-0.15, -0.1) is 11.8 Å². The Morgan fingerprint density at radius 2 is 2.27 bits per heavy atom. The van der Waals surface area contributed by atoms with Crippen LogP contribution in [0.1, 0.15) is 0 Å². The fourth-order valence-electron chi connectivity index (χ4n) is 1.09. The second-order valence-electron chi connectivity index (χ2n) is 2.27. The number of rotatable bonds is 1. The summed E-state index contributed by atoms with van der Waals surface area (Å²) in [5.41, 5.74) is 1.22. The van der Waals surface area contributed by atoms with Gasteiger partial charge in [-0.25, -0.2) is 0 Å². The first-order chi connectivity index (χ1) is 5.42. The summed E-state index contributed by atoms with van der Waals surface area (Å²) in [5.74, 6) is 0.933. The van der Waals surface area contributed by atoms with Gasteiger partial charge < -0.3 is 0 Å². The van der Waals surface area contributed by atoms with E-state index in [9.17, 15) is 0 Å². The van der Waals surface area contributed by atoms with Crippen LogP contribution in [0.2, 0.25) is 0 Å². The number of para-hydroxylation sites is 1. The maximum absolute atomic E-state index is 4.00. The van der Waals surface area contributed by atoms with Crippen molar-refractivity contribution in [1.29, 1.82) is 0 Å². The number of thiol groups is 1. The first-order valence-electron chi connectivity index (χ1n) is 3.31. The second-order valence-corrected chi connectivity index (χ2v) is 3.46. The Labute approximate surface area is 75.5 Å². The average molecular weight is 184 g/mol. The molecule has 0 aromatic heterocycles. The van der Waals surface area contributed by atoms with Gasteiger partial charge in [0.2, 0.25) is 0 Å². The lowest BCUT2D eigenvalue weighted by atomic mass is 10.3. The van der Waals surface area contributed by atoms with Crippen LogP contribution in [0.25, 0.3) is 0 Å². The van der Waals surface area contributed by atoms with Crippen LogP contribution in [0.4, 0.5) is 5.69 Å². The topological polar surface area (TPSA) is 15.3 Å². The van der Waals surface area contributed by atoms with Crippen molar-refractivity contribution in [2.45, 2.75) is 4.90 Å². The molecular formula is C7H8N2S2. The normalized spacial score (nSPS) is 15.2. The molecule has 0 saturated heterocycles. The molecule has 0 bridgehead atoms. The molecule has 0 fully saturated rings. The smallest absolute Gasteiger partial charge is 0.0855 e. The highest BCUT2D eigenvalue weighted by atomic mass is 32.2. The number of anilines is 1. The summed E-state index contributed by atoms with van der Waals surface area (Å²) in [6.45, 7) is 0. The molecule has 0 atom stereocenters. The van der Waals surface area contributed by atoms with Crippen LogP contribution in [0, 0.1) is 0 Å². The highest BCUT2D eigenvalue weighted by Gasteiger charge is 2.16. The summed E-state index contributed by atoms with van der Waals surface area (Å²) >= 11 is 5.82. The number of fused-ring (bicyclic) bond motifs is 1. The van der Waals surface area contributed by atoms with E-state index in [1.165, 1.54) is 10.6 Å². The molecule has 0 spiro atoms. The van der Waals surface area contributed by atoms with E-state index >= 15 is 0 Å². The van der Waals surface area contributed by atoms with Crippen molar-refractivity contribution in [2.24, 2.45) is 0 Å². The molecule has 1 heterocycles. The van der Waals surface area contributed by atoms with Crippen LogP contribution >= 0.6 is 24.6 Å². The Balaban J connectivity index is 2.39. The van der Waals surface area contributed by atoms with Gasteiger partial charge in [-0.05, 0) is 12.1 Å². The lowest BCUT2D eigenvalue weighted by molar-refractivity contribution is 0.923. The number of hydrogen-bond donors (Lipinski definition) is 2. The maximum atomic E-state index is 4.00. The second kappa shape index (κ2) is 2.97. The van der Waals surface area contributed by atoms with Gasteiger partial charge in [0.05, 0.1) is 11.6 Å². The van der Waals surface area contributed by atoms with Gasteiger partial charge in [0.25, 0.3) is 0 Å². The number of nitrogens with zero attached hydrogens (tertiary/aromatic N) is 1. The molecule has 0 saturated carbocycles. The van der Waals surface area contributed by atoms with E-state index in [0.717, 1.165) is 5.88 Å². The average Bonchev–Trinajstić information content (AvgIpc) is 2.47. The summed E-state index contributed by atoms with van der Waals surface area (Å²) in [7, 11) is 0. The van der Waals surface area contributed by atoms with Gasteiger partial charge in [0.1, 0.15) is 0 Å². The largest absolute Gasteiger partial charge is 0.288 e. The summed E-state index contributed by atoms with van der Waals surface area (Å²) in [4.78, 5) is 4.14. The number of hydrazine groups is 1. The molecule has 1 aromatic carbocycles. The van der Waals surface area contributed by atoms with Crippen molar-refractivity contribution in [2.75, 3.05) is 10.9 Å². The first kappa shape index (κ1) is 7.34. The van der Waals surface area contributed by atoms with Crippen molar-refractivity contribution in [3.63, 3.8) is 0 Å². The maximum Gasteiger partial charge on any atom is 0.0855 e. The summed E-state index contributed by atoms with van der Waals surface area (Å²) in [6, 6.07) is 8.28. The van der Waals surface area contributed by atoms with Crippen LogP contribution in [-0.4, -0.2) is 5.88 Å². The van der Waals surface area contributed by atoms with Gasteiger partial charge >= 0.3 is 0 Å². The van der Waals surface area contributed by atoms with E-state index < -0.39 is 0 Å². The van der Waals surface area contributed by atoms with E-state index in [-0.39, 0.29) is 0 Å². The Morgan fingerprint density at radius 3 is 3.09 bits per heavy atom. The lowest BCUT2D eigenvalue weighted by Crippen LogP contribution is -2.27. The molecule has 11 heavy (non-hydrogen) atoms. The molecule has 4 heteroatoms. The third-order valence-electron chi connectivity index (χ3n) is 1.63. The number of benzene rings is 1. The van der Waals surface area contributed by atoms with E-state index in [0.29, 0.717) is 0 Å². The predicted molar refractivity (Wildman–Crippen MR) is 51.8 cm³/mol. The zero-order valence-corrected chi connectivity index (χ0v) is 7.53. The van der Waals surface area contributed by atoms with Crippen LogP contribution < -0.4 is 9.84 Å². The minimum absolute atomic E-state index is 0.933. The molecule has 1 aliphatic heterocycles. The fourth-order valence-corrected chi connectivity index (χ4v) is 2.34. The molecule has 0 amide bonds. The van der Waals surface area contributed by atoms with Crippen LogP contribution in [-0.2, 0) is 0 Å². The molecule has 1 aromatic rings. The Bertz CT molecular complexity index is 264. The Kier molecular flexibility index (Phi) is 1.98. The predicted octanol–water partition coefficient (Wildman–Crippen LogP) is 1.91. The highest BCUT2D eigenvalue weighted by Crippen LogP contribution is 2.36. The number of nitrogens with one attached hydrogen (secondary N) is 1. The third-order valence-corrected chi connectivity index (χ3v) is 2.91. The fraction of sp³-hybridized carbons (Fsp3) is 0.143. The van der Waals surface area contributed by atoms with Crippen LogP contribution in [0.5, 0.6) is 0 Å². The molecule has 2 nitrogen and oxygen atoms in total. The highest BCUT2D eigenvalue weighted by molar-refractivity contribution is 8.00. The van der Waals surface area contributed by atoms with Crippen molar-refractivity contribution in [3.8, 4) is 0 Å². The molecule has 1 N–H and O–H groups in total. The Hall–Kier alpha value is -0.320. The summed E-state index contributed by atoms with van der Waals surface area (Å²) < 4.78 is 0. The zero-order valence-electron chi connectivity index (χ0n) is 5.82. The van der Waals surface area contributed by atoms with Gasteiger partial charge in [0, 0.05) is 4.90 Å². The van der Waals surface area contributed by atoms with Crippen molar-refractivity contribution in [3.05, 3.63) is 24.3 Å². The molecule has 1 aliphatic rings. The van der Waals surface area contributed by atoms with E-state index in [1.807, 2.05) is 28.9 Å². The molecule has 0 unspecified atom stereocenters. The van der Waals surface area contributed by atoms with Crippen molar-refractivity contribution in [1.82, 2.24) is 4.83 Å². The van der Waals surface area contributed by atoms with Gasteiger partial charge in [-0.3, -0.25) is 5.01 Å². The monoisotopic (exact) mass is 184 g/mol. The third kappa shape index (κ3) is 1.21.